The molecule has 1 aliphatic rings. The monoisotopic (exact) mass is 236 g/mol. The standard InChI is InChI=1S/C14H12N4/c1-3-7-11(8-4-1)13-15-17-14(18-16-13)12-9-5-2-6-10-12/h1,3-5,7-10H,2,6H2. The van der Waals surface area contributed by atoms with Gasteiger partial charge in [0.2, 0.25) is 11.6 Å². The van der Waals surface area contributed by atoms with Crippen LogP contribution in [0.2, 0.25) is 0 Å². The predicted molar refractivity (Wildman–Crippen MR) is 69.4 cm³/mol. The zero-order valence-corrected chi connectivity index (χ0v) is 9.82. The van der Waals surface area contributed by atoms with E-state index in [2.05, 4.69) is 32.5 Å². The van der Waals surface area contributed by atoms with Crippen molar-refractivity contribution in [1.29, 1.82) is 0 Å². The Labute approximate surface area is 105 Å². The summed E-state index contributed by atoms with van der Waals surface area (Å²) in [7, 11) is 0. The van der Waals surface area contributed by atoms with Crippen LogP contribution in [0.4, 0.5) is 0 Å². The molecule has 1 heterocycles. The van der Waals surface area contributed by atoms with E-state index in [0.717, 1.165) is 24.0 Å². The largest absolute Gasteiger partial charge is 0.203 e. The molecule has 0 unspecified atom stereocenters. The first-order chi connectivity index (χ1) is 8.93. The van der Waals surface area contributed by atoms with Crippen molar-refractivity contribution in [1.82, 2.24) is 20.4 Å². The van der Waals surface area contributed by atoms with E-state index < -0.39 is 0 Å². The normalized spacial score (nSPS) is 14.3. The fourth-order valence-electron chi connectivity index (χ4n) is 1.83. The lowest BCUT2D eigenvalue weighted by Crippen LogP contribution is -2.02. The molecule has 88 valence electrons. The van der Waals surface area contributed by atoms with Gasteiger partial charge in [-0.3, -0.25) is 0 Å². The van der Waals surface area contributed by atoms with Crippen LogP contribution in [0.3, 0.4) is 0 Å². The van der Waals surface area contributed by atoms with E-state index in [4.69, 9.17) is 0 Å². The summed E-state index contributed by atoms with van der Waals surface area (Å²) < 4.78 is 0. The fraction of sp³-hybridized carbons (Fsp3) is 0.143. The molecule has 2 aromatic rings. The Hall–Kier alpha value is -2.36. The Morgan fingerprint density at radius 3 is 2.17 bits per heavy atom. The third kappa shape index (κ3) is 2.18. The van der Waals surface area contributed by atoms with Gasteiger partial charge < -0.3 is 0 Å². The second kappa shape index (κ2) is 4.87. The summed E-state index contributed by atoms with van der Waals surface area (Å²) in [5.74, 6) is 1.14. The Morgan fingerprint density at radius 1 is 0.778 bits per heavy atom. The fourth-order valence-corrected chi connectivity index (χ4v) is 1.83. The average molecular weight is 236 g/mol. The summed E-state index contributed by atoms with van der Waals surface area (Å²) in [5, 5.41) is 16.5. The van der Waals surface area contributed by atoms with Crippen molar-refractivity contribution >= 4 is 5.57 Å². The molecule has 0 N–H and O–H groups in total. The van der Waals surface area contributed by atoms with Crippen molar-refractivity contribution in [2.24, 2.45) is 0 Å². The summed E-state index contributed by atoms with van der Waals surface area (Å²) >= 11 is 0. The van der Waals surface area contributed by atoms with Crippen LogP contribution >= 0.6 is 0 Å². The first-order valence-corrected chi connectivity index (χ1v) is 5.93. The van der Waals surface area contributed by atoms with Crippen LogP contribution in [0.5, 0.6) is 0 Å². The summed E-state index contributed by atoms with van der Waals surface area (Å²) in [6.45, 7) is 0. The van der Waals surface area contributed by atoms with Gasteiger partial charge in [0, 0.05) is 11.1 Å². The van der Waals surface area contributed by atoms with Crippen molar-refractivity contribution in [3.63, 3.8) is 0 Å². The smallest absolute Gasteiger partial charge is 0.126 e. The average Bonchev–Trinajstić information content (AvgIpc) is 2.49. The van der Waals surface area contributed by atoms with Gasteiger partial charge in [-0.2, -0.15) is 0 Å². The molecule has 0 radical (unpaired) electrons. The minimum Gasteiger partial charge on any atom is -0.126 e. The van der Waals surface area contributed by atoms with Gasteiger partial charge in [-0.05, 0) is 12.8 Å². The van der Waals surface area contributed by atoms with Gasteiger partial charge in [-0.25, -0.2) is 0 Å². The lowest BCUT2D eigenvalue weighted by Gasteiger charge is -2.04. The van der Waals surface area contributed by atoms with Gasteiger partial charge >= 0.3 is 0 Å². The number of hydrogen-bond donors (Lipinski definition) is 0. The van der Waals surface area contributed by atoms with Gasteiger partial charge in [0.05, 0.1) is 0 Å². The highest BCUT2D eigenvalue weighted by Crippen LogP contribution is 2.18. The maximum Gasteiger partial charge on any atom is 0.203 e. The van der Waals surface area contributed by atoms with Crippen molar-refractivity contribution in [3.8, 4) is 11.4 Å². The summed E-state index contributed by atoms with van der Waals surface area (Å²) in [6.07, 6.45) is 8.34. The van der Waals surface area contributed by atoms with E-state index in [1.54, 1.807) is 0 Å². The lowest BCUT2D eigenvalue weighted by atomic mass is 10.1. The summed E-state index contributed by atoms with van der Waals surface area (Å²) in [5.41, 5.74) is 1.93. The lowest BCUT2D eigenvalue weighted by molar-refractivity contribution is 0.843. The highest BCUT2D eigenvalue weighted by molar-refractivity contribution is 5.70. The quantitative estimate of drug-likeness (QED) is 0.804. The SMILES string of the molecule is C1=CC(c2nnc(-c3ccccc3)nn2)=CCC1. The summed E-state index contributed by atoms with van der Waals surface area (Å²) in [4.78, 5) is 0. The van der Waals surface area contributed by atoms with E-state index in [9.17, 15) is 0 Å². The second-order valence-electron chi connectivity index (χ2n) is 4.05. The van der Waals surface area contributed by atoms with Crippen LogP contribution in [0.1, 0.15) is 18.7 Å². The van der Waals surface area contributed by atoms with Crippen LogP contribution < -0.4 is 0 Å². The Kier molecular flexibility index (Phi) is 2.92. The molecule has 0 spiro atoms. The van der Waals surface area contributed by atoms with E-state index in [-0.39, 0.29) is 0 Å². The van der Waals surface area contributed by atoms with E-state index >= 15 is 0 Å². The Morgan fingerprint density at radius 2 is 1.50 bits per heavy atom. The van der Waals surface area contributed by atoms with Crippen molar-refractivity contribution < 1.29 is 0 Å². The maximum absolute atomic E-state index is 4.14. The molecule has 0 saturated heterocycles. The van der Waals surface area contributed by atoms with Crippen LogP contribution in [0, 0.1) is 0 Å². The molecule has 4 nitrogen and oxygen atoms in total. The zero-order valence-electron chi connectivity index (χ0n) is 9.82. The minimum absolute atomic E-state index is 0.555. The molecule has 4 heteroatoms. The second-order valence-corrected chi connectivity index (χ2v) is 4.05. The minimum atomic E-state index is 0.555. The summed E-state index contributed by atoms with van der Waals surface area (Å²) in [6, 6.07) is 9.73. The van der Waals surface area contributed by atoms with Crippen LogP contribution in [0.15, 0.2) is 48.6 Å². The molecule has 1 aliphatic carbocycles. The first kappa shape index (κ1) is 10.8. The number of nitrogens with zero attached hydrogens (tertiary/aromatic N) is 4. The third-order valence-corrected chi connectivity index (χ3v) is 2.76. The molecule has 0 fully saturated rings. The highest BCUT2D eigenvalue weighted by atomic mass is 15.3. The van der Waals surface area contributed by atoms with Crippen LogP contribution in [-0.2, 0) is 0 Å². The molecule has 1 aromatic carbocycles. The van der Waals surface area contributed by atoms with Crippen LogP contribution in [0.25, 0.3) is 17.0 Å². The predicted octanol–water partition coefficient (Wildman–Crippen LogP) is 2.67. The number of rotatable bonds is 2. The Balaban J connectivity index is 1.90. The molecular weight excluding hydrogens is 224 g/mol. The Bertz CT molecular complexity index is 585. The maximum atomic E-state index is 4.14. The first-order valence-electron chi connectivity index (χ1n) is 5.93. The molecule has 0 saturated carbocycles. The molecule has 0 amide bonds. The molecule has 1 aromatic heterocycles. The van der Waals surface area contributed by atoms with E-state index in [0.29, 0.717) is 11.6 Å². The zero-order chi connectivity index (χ0) is 12.2. The van der Waals surface area contributed by atoms with Gasteiger partial charge in [-0.1, -0.05) is 48.6 Å². The molecule has 18 heavy (non-hydrogen) atoms. The number of benzene rings is 1. The van der Waals surface area contributed by atoms with Crippen molar-refractivity contribution in [3.05, 3.63) is 54.4 Å². The van der Waals surface area contributed by atoms with E-state index in [1.165, 1.54) is 0 Å². The van der Waals surface area contributed by atoms with Gasteiger partial charge in [0.25, 0.3) is 0 Å². The molecular formula is C14H12N4. The van der Waals surface area contributed by atoms with E-state index in [1.807, 2.05) is 36.4 Å². The molecule has 3 rings (SSSR count). The number of hydrogen-bond acceptors (Lipinski definition) is 4. The van der Waals surface area contributed by atoms with Gasteiger partial charge in [0.15, 0.2) is 0 Å². The molecule has 0 bridgehead atoms. The van der Waals surface area contributed by atoms with Crippen LogP contribution in [-0.4, -0.2) is 20.4 Å². The number of allylic oxidation sites excluding steroid dienone is 4. The molecule has 0 atom stereocenters. The van der Waals surface area contributed by atoms with Gasteiger partial charge in [0.1, 0.15) is 0 Å². The topological polar surface area (TPSA) is 51.6 Å². The van der Waals surface area contributed by atoms with Gasteiger partial charge in [-0.15, -0.1) is 20.4 Å². The molecule has 0 aliphatic heterocycles. The third-order valence-electron chi connectivity index (χ3n) is 2.76. The highest BCUT2D eigenvalue weighted by Gasteiger charge is 2.07. The number of aromatic nitrogens is 4. The van der Waals surface area contributed by atoms with Crippen molar-refractivity contribution in [2.45, 2.75) is 12.8 Å². The van der Waals surface area contributed by atoms with Crippen molar-refractivity contribution in [2.75, 3.05) is 0 Å².